The van der Waals surface area contributed by atoms with E-state index in [0.717, 1.165) is 3.92 Å². The number of rotatable bonds is 6. The molecular formula is C8H14I2. The average Bonchev–Trinajstić information content (AvgIpc) is 1.98. The molecule has 0 aliphatic rings. The molecule has 0 radical (unpaired) electrons. The lowest BCUT2D eigenvalue weighted by atomic mass is 10.2. The second kappa shape index (κ2) is 8.30. The fourth-order valence-corrected chi connectivity index (χ4v) is 1.61. The van der Waals surface area contributed by atoms with Gasteiger partial charge >= 0.3 is 0 Å². The zero-order chi connectivity index (χ0) is 7.82. The molecule has 0 heterocycles. The molecule has 0 saturated carbocycles. The quantitative estimate of drug-likeness (QED) is 0.290. The smallest absolute Gasteiger partial charge is 0.0199 e. The van der Waals surface area contributed by atoms with Crippen LogP contribution in [0.15, 0.2) is 12.7 Å². The molecule has 2 heteroatoms. The Morgan fingerprint density at radius 1 is 1.40 bits per heavy atom. The zero-order valence-electron chi connectivity index (χ0n) is 6.15. The molecule has 1 unspecified atom stereocenters. The van der Waals surface area contributed by atoms with Gasteiger partial charge in [-0.3, -0.25) is 0 Å². The molecule has 0 amide bonds. The van der Waals surface area contributed by atoms with Crippen molar-refractivity contribution in [2.75, 3.05) is 4.43 Å². The van der Waals surface area contributed by atoms with Crippen molar-refractivity contribution >= 4 is 45.2 Å². The molecule has 0 bridgehead atoms. The summed E-state index contributed by atoms with van der Waals surface area (Å²) in [5.41, 5.74) is 0. The highest BCUT2D eigenvalue weighted by Gasteiger charge is 1.99. The summed E-state index contributed by atoms with van der Waals surface area (Å²) in [6, 6.07) is 0. The first-order valence-electron chi connectivity index (χ1n) is 3.62. The molecule has 0 rings (SSSR count). The Kier molecular flexibility index (Phi) is 9.29. The van der Waals surface area contributed by atoms with Crippen molar-refractivity contribution in [2.24, 2.45) is 0 Å². The van der Waals surface area contributed by atoms with Gasteiger partial charge in [-0.25, -0.2) is 0 Å². The first-order valence-corrected chi connectivity index (χ1v) is 6.39. The molecule has 0 aromatic rings. The average molecular weight is 364 g/mol. The second-order valence-electron chi connectivity index (χ2n) is 2.32. The summed E-state index contributed by atoms with van der Waals surface area (Å²) in [6.45, 7) is 3.69. The fourth-order valence-electron chi connectivity index (χ4n) is 0.732. The van der Waals surface area contributed by atoms with Gasteiger partial charge in [0.25, 0.3) is 0 Å². The number of hydrogen-bond donors (Lipinski definition) is 0. The maximum atomic E-state index is 3.69. The highest BCUT2D eigenvalue weighted by Crippen LogP contribution is 2.13. The van der Waals surface area contributed by atoms with E-state index in [2.05, 4.69) is 51.8 Å². The van der Waals surface area contributed by atoms with Crippen molar-refractivity contribution in [3.63, 3.8) is 0 Å². The monoisotopic (exact) mass is 364 g/mol. The number of hydrogen-bond acceptors (Lipinski definition) is 0. The molecule has 0 aromatic heterocycles. The maximum Gasteiger partial charge on any atom is 0.0199 e. The van der Waals surface area contributed by atoms with Crippen LogP contribution in [-0.4, -0.2) is 8.35 Å². The van der Waals surface area contributed by atoms with Gasteiger partial charge in [0.15, 0.2) is 0 Å². The summed E-state index contributed by atoms with van der Waals surface area (Å²) in [7, 11) is 0. The third-order valence-electron chi connectivity index (χ3n) is 1.34. The topological polar surface area (TPSA) is 0 Å². The zero-order valence-corrected chi connectivity index (χ0v) is 10.5. The van der Waals surface area contributed by atoms with E-state index in [1.807, 2.05) is 6.08 Å². The van der Waals surface area contributed by atoms with E-state index in [4.69, 9.17) is 0 Å². The lowest BCUT2D eigenvalue weighted by Crippen LogP contribution is -1.97. The van der Waals surface area contributed by atoms with Crippen molar-refractivity contribution in [1.82, 2.24) is 0 Å². The van der Waals surface area contributed by atoms with Crippen LogP contribution in [0.2, 0.25) is 0 Å². The van der Waals surface area contributed by atoms with Crippen LogP contribution in [0.4, 0.5) is 0 Å². The Morgan fingerprint density at radius 2 is 2.10 bits per heavy atom. The highest BCUT2D eigenvalue weighted by atomic mass is 127. The van der Waals surface area contributed by atoms with E-state index in [1.165, 1.54) is 30.1 Å². The molecule has 0 aliphatic carbocycles. The lowest BCUT2D eigenvalue weighted by Gasteiger charge is -2.03. The second-order valence-corrected chi connectivity index (χ2v) is 4.97. The van der Waals surface area contributed by atoms with E-state index in [9.17, 15) is 0 Å². The van der Waals surface area contributed by atoms with Crippen LogP contribution in [0.5, 0.6) is 0 Å². The molecule has 60 valence electrons. The number of alkyl halides is 2. The van der Waals surface area contributed by atoms with Gasteiger partial charge in [-0.1, -0.05) is 57.7 Å². The maximum absolute atomic E-state index is 3.69. The van der Waals surface area contributed by atoms with Crippen molar-refractivity contribution in [1.29, 1.82) is 0 Å². The Bertz CT molecular complexity index is 81.3. The molecule has 0 spiro atoms. The first-order chi connectivity index (χ1) is 4.81. The van der Waals surface area contributed by atoms with Crippen LogP contribution < -0.4 is 0 Å². The summed E-state index contributed by atoms with van der Waals surface area (Å²) in [5.74, 6) is 0. The summed E-state index contributed by atoms with van der Waals surface area (Å²) < 4.78 is 2.16. The van der Waals surface area contributed by atoms with E-state index < -0.39 is 0 Å². The van der Waals surface area contributed by atoms with Crippen molar-refractivity contribution in [2.45, 2.75) is 29.6 Å². The number of allylic oxidation sites excluding steroid dienone is 1. The SMILES string of the molecule is C=CCCCCC(I)CI. The Balaban J connectivity index is 2.95. The van der Waals surface area contributed by atoms with Gasteiger partial charge in [0, 0.05) is 8.35 Å². The van der Waals surface area contributed by atoms with Crippen LogP contribution in [0, 0.1) is 0 Å². The summed E-state index contributed by atoms with van der Waals surface area (Å²) in [5, 5.41) is 0. The lowest BCUT2D eigenvalue weighted by molar-refractivity contribution is 0.700. The molecule has 0 N–H and O–H groups in total. The van der Waals surface area contributed by atoms with Gasteiger partial charge in [0.1, 0.15) is 0 Å². The third-order valence-corrected chi connectivity index (χ3v) is 5.15. The largest absolute Gasteiger partial charge is 0.103 e. The van der Waals surface area contributed by atoms with E-state index in [-0.39, 0.29) is 0 Å². The molecule has 0 fully saturated rings. The van der Waals surface area contributed by atoms with Gasteiger partial charge in [-0.05, 0) is 19.3 Å². The van der Waals surface area contributed by atoms with Gasteiger partial charge in [0.05, 0.1) is 0 Å². The van der Waals surface area contributed by atoms with Crippen LogP contribution in [-0.2, 0) is 0 Å². The predicted octanol–water partition coefficient (Wildman–Crippen LogP) is 3.97. The van der Waals surface area contributed by atoms with Crippen LogP contribution in [0.25, 0.3) is 0 Å². The molecular weight excluding hydrogens is 350 g/mol. The van der Waals surface area contributed by atoms with Gasteiger partial charge in [0.2, 0.25) is 0 Å². The van der Waals surface area contributed by atoms with Crippen molar-refractivity contribution in [3.05, 3.63) is 12.7 Å². The van der Waals surface area contributed by atoms with Crippen LogP contribution >= 0.6 is 45.2 Å². The first kappa shape index (κ1) is 11.2. The van der Waals surface area contributed by atoms with Crippen LogP contribution in [0.1, 0.15) is 25.7 Å². The van der Waals surface area contributed by atoms with Crippen LogP contribution in [0.3, 0.4) is 0 Å². The van der Waals surface area contributed by atoms with Gasteiger partial charge in [-0.15, -0.1) is 6.58 Å². The Morgan fingerprint density at radius 3 is 2.60 bits per heavy atom. The van der Waals surface area contributed by atoms with Gasteiger partial charge in [-0.2, -0.15) is 0 Å². The van der Waals surface area contributed by atoms with E-state index >= 15 is 0 Å². The summed E-state index contributed by atoms with van der Waals surface area (Å²) in [4.78, 5) is 0. The molecule has 0 saturated heterocycles. The fraction of sp³-hybridized carbons (Fsp3) is 0.750. The van der Waals surface area contributed by atoms with E-state index in [0.29, 0.717) is 0 Å². The summed E-state index contributed by atoms with van der Waals surface area (Å²) >= 11 is 4.97. The third kappa shape index (κ3) is 7.31. The molecule has 1 atom stereocenters. The molecule has 10 heavy (non-hydrogen) atoms. The van der Waals surface area contributed by atoms with Crippen molar-refractivity contribution < 1.29 is 0 Å². The summed E-state index contributed by atoms with van der Waals surface area (Å²) in [6.07, 6.45) is 7.25. The minimum Gasteiger partial charge on any atom is -0.103 e. The van der Waals surface area contributed by atoms with E-state index in [1.54, 1.807) is 0 Å². The standard InChI is InChI=1S/C8H14I2/c1-2-3-4-5-6-8(10)7-9/h2,8H,1,3-7H2. The number of halogens is 2. The Hall–Kier alpha value is 1.20. The highest BCUT2D eigenvalue weighted by molar-refractivity contribution is 14.1. The molecule has 0 nitrogen and oxygen atoms in total. The predicted molar refractivity (Wildman–Crippen MR) is 65.4 cm³/mol. The minimum atomic E-state index is 0.878. The minimum absolute atomic E-state index is 0.878. The van der Waals surface area contributed by atoms with Gasteiger partial charge < -0.3 is 0 Å². The number of unbranched alkanes of at least 4 members (excludes halogenated alkanes) is 2. The molecule has 0 aliphatic heterocycles. The normalized spacial score (nSPS) is 13.0. The van der Waals surface area contributed by atoms with Crippen molar-refractivity contribution in [3.8, 4) is 0 Å². The Labute approximate surface area is 91.1 Å². The molecule has 0 aromatic carbocycles.